The normalized spacial score (nSPS) is 15.0. The van der Waals surface area contributed by atoms with Gasteiger partial charge in [-0.25, -0.2) is 15.0 Å². The van der Waals surface area contributed by atoms with Gasteiger partial charge in [-0.3, -0.25) is 4.90 Å². The highest BCUT2D eigenvalue weighted by Gasteiger charge is 2.23. The van der Waals surface area contributed by atoms with E-state index in [1.165, 1.54) is 21.7 Å². The summed E-state index contributed by atoms with van der Waals surface area (Å²) in [6, 6.07) is 10.4. The van der Waals surface area contributed by atoms with Crippen molar-refractivity contribution in [3.8, 4) is 10.6 Å². The third-order valence-corrected chi connectivity index (χ3v) is 6.16. The SMILES string of the molecule is Cc1nc(-c2ccccc2)sc1CN1CCc2nc(C(C)(C)C)ncc2C1. The Labute approximate surface area is 165 Å². The lowest BCUT2D eigenvalue weighted by atomic mass is 9.95. The Bertz CT molecular complexity index is 941. The summed E-state index contributed by atoms with van der Waals surface area (Å²) < 4.78 is 0. The summed E-state index contributed by atoms with van der Waals surface area (Å²) in [6.07, 6.45) is 3.02. The molecule has 0 N–H and O–H groups in total. The van der Waals surface area contributed by atoms with Gasteiger partial charge in [-0.05, 0) is 6.92 Å². The van der Waals surface area contributed by atoms with Crippen molar-refractivity contribution in [1.82, 2.24) is 19.9 Å². The van der Waals surface area contributed by atoms with Gasteiger partial charge in [0.2, 0.25) is 0 Å². The first-order valence-corrected chi connectivity index (χ1v) is 10.3. The largest absolute Gasteiger partial charge is 0.293 e. The average molecular weight is 379 g/mol. The predicted octanol–water partition coefficient (Wildman–Crippen LogP) is 4.76. The molecule has 1 aromatic carbocycles. The maximum absolute atomic E-state index is 4.84. The summed E-state index contributed by atoms with van der Waals surface area (Å²) in [5.41, 5.74) is 4.82. The van der Waals surface area contributed by atoms with Crippen LogP contribution in [-0.2, 0) is 24.9 Å². The third-order valence-electron chi connectivity index (χ3n) is 4.96. The quantitative estimate of drug-likeness (QED) is 0.659. The van der Waals surface area contributed by atoms with Crippen molar-refractivity contribution in [2.24, 2.45) is 0 Å². The maximum Gasteiger partial charge on any atom is 0.133 e. The number of hydrogen-bond acceptors (Lipinski definition) is 5. The van der Waals surface area contributed by atoms with E-state index < -0.39 is 0 Å². The van der Waals surface area contributed by atoms with E-state index >= 15 is 0 Å². The molecule has 0 spiro atoms. The second-order valence-corrected chi connectivity index (χ2v) is 9.35. The summed E-state index contributed by atoms with van der Waals surface area (Å²) in [7, 11) is 0. The van der Waals surface area contributed by atoms with Gasteiger partial charge in [0.25, 0.3) is 0 Å². The van der Waals surface area contributed by atoms with E-state index in [0.717, 1.165) is 42.6 Å². The van der Waals surface area contributed by atoms with E-state index in [4.69, 9.17) is 9.97 Å². The number of nitrogens with zero attached hydrogens (tertiary/aromatic N) is 4. The van der Waals surface area contributed by atoms with Crippen LogP contribution < -0.4 is 0 Å². The molecule has 0 aliphatic carbocycles. The second-order valence-electron chi connectivity index (χ2n) is 8.27. The molecule has 3 heterocycles. The molecular weight excluding hydrogens is 352 g/mol. The van der Waals surface area contributed by atoms with E-state index in [1.807, 2.05) is 23.6 Å². The monoisotopic (exact) mass is 378 g/mol. The third kappa shape index (κ3) is 3.94. The molecule has 4 nitrogen and oxygen atoms in total. The van der Waals surface area contributed by atoms with Crippen LogP contribution in [-0.4, -0.2) is 26.4 Å². The van der Waals surface area contributed by atoms with Gasteiger partial charge in [0.05, 0.1) is 5.69 Å². The van der Waals surface area contributed by atoms with Crippen LogP contribution in [0.3, 0.4) is 0 Å². The number of benzene rings is 1. The summed E-state index contributed by atoms with van der Waals surface area (Å²) in [5, 5.41) is 1.11. The van der Waals surface area contributed by atoms with Gasteiger partial charge in [-0.15, -0.1) is 11.3 Å². The lowest BCUT2D eigenvalue weighted by molar-refractivity contribution is 0.243. The van der Waals surface area contributed by atoms with Crippen molar-refractivity contribution < 1.29 is 0 Å². The Kier molecular flexibility index (Phi) is 4.82. The molecule has 27 heavy (non-hydrogen) atoms. The molecule has 5 heteroatoms. The number of rotatable bonds is 3. The summed E-state index contributed by atoms with van der Waals surface area (Å²) in [5.74, 6) is 0.945. The number of aryl methyl sites for hydroxylation is 1. The molecule has 1 aliphatic rings. The molecule has 4 rings (SSSR count). The van der Waals surface area contributed by atoms with Gasteiger partial charge in [-0.2, -0.15) is 0 Å². The van der Waals surface area contributed by atoms with Crippen molar-refractivity contribution in [1.29, 1.82) is 0 Å². The van der Waals surface area contributed by atoms with E-state index in [2.05, 4.69) is 61.8 Å². The minimum absolute atomic E-state index is 0.000245. The van der Waals surface area contributed by atoms with Crippen molar-refractivity contribution in [3.63, 3.8) is 0 Å². The number of thiazole rings is 1. The Balaban J connectivity index is 1.50. The molecule has 140 valence electrons. The van der Waals surface area contributed by atoms with Crippen LogP contribution in [0.25, 0.3) is 10.6 Å². The highest BCUT2D eigenvalue weighted by Crippen LogP contribution is 2.30. The molecule has 0 amide bonds. The summed E-state index contributed by atoms with van der Waals surface area (Å²) in [4.78, 5) is 18.1. The van der Waals surface area contributed by atoms with Crippen LogP contribution in [0.4, 0.5) is 0 Å². The van der Waals surface area contributed by atoms with Gasteiger partial charge in [0.15, 0.2) is 0 Å². The van der Waals surface area contributed by atoms with Crippen LogP contribution in [0.15, 0.2) is 36.5 Å². The first-order valence-electron chi connectivity index (χ1n) is 9.49. The first-order chi connectivity index (χ1) is 12.9. The summed E-state index contributed by atoms with van der Waals surface area (Å²) in [6.45, 7) is 11.5. The van der Waals surface area contributed by atoms with Crippen molar-refractivity contribution in [2.75, 3.05) is 6.54 Å². The number of fused-ring (bicyclic) bond motifs is 1. The Morgan fingerprint density at radius 3 is 2.63 bits per heavy atom. The molecule has 2 aromatic heterocycles. The lowest BCUT2D eigenvalue weighted by Gasteiger charge is -2.28. The highest BCUT2D eigenvalue weighted by atomic mass is 32.1. The fraction of sp³-hybridized carbons (Fsp3) is 0.409. The molecule has 1 aliphatic heterocycles. The van der Waals surface area contributed by atoms with Crippen LogP contribution in [0.2, 0.25) is 0 Å². The predicted molar refractivity (Wildman–Crippen MR) is 111 cm³/mol. The van der Waals surface area contributed by atoms with Crippen molar-refractivity contribution in [2.45, 2.75) is 52.6 Å². The number of aromatic nitrogens is 3. The Morgan fingerprint density at radius 2 is 1.89 bits per heavy atom. The zero-order valence-corrected chi connectivity index (χ0v) is 17.3. The van der Waals surface area contributed by atoms with Crippen molar-refractivity contribution in [3.05, 3.63) is 64.2 Å². The van der Waals surface area contributed by atoms with Crippen LogP contribution in [0.5, 0.6) is 0 Å². The highest BCUT2D eigenvalue weighted by molar-refractivity contribution is 7.15. The Morgan fingerprint density at radius 1 is 1.11 bits per heavy atom. The maximum atomic E-state index is 4.84. The molecule has 0 saturated heterocycles. The van der Waals surface area contributed by atoms with E-state index in [0.29, 0.717) is 0 Å². The zero-order chi connectivity index (χ0) is 19.0. The van der Waals surface area contributed by atoms with Crippen LogP contribution >= 0.6 is 11.3 Å². The van der Waals surface area contributed by atoms with E-state index in [9.17, 15) is 0 Å². The fourth-order valence-electron chi connectivity index (χ4n) is 3.35. The van der Waals surface area contributed by atoms with Gasteiger partial charge in [-0.1, -0.05) is 51.1 Å². The molecule has 0 bridgehead atoms. The molecular formula is C22H26N4S. The summed E-state index contributed by atoms with van der Waals surface area (Å²) >= 11 is 1.81. The molecule has 0 atom stereocenters. The van der Waals surface area contributed by atoms with Gasteiger partial charge in [0.1, 0.15) is 10.8 Å². The Hall–Kier alpha value is -2.11. The first kappa shape index (κ1) is 18.3. The topological polar surface area (TPSA) is 41.9 Å². The van der Waals surface area contributed by atoms with Crippen molar-refractivity contribution >= 4 is 11.3 Å². The van der Waals surface area contributed by atoms with E-state index in [1.54, 1.807) is 0 Å². The zero-order valence-electron chi connectivity index (χ0n) is 16.5. The molecule has 0 fully saturated rings. The number of hydrogen-bond donors (Lipinski definition) is 0. The average Bonchev–Trinajstić information content (AvgIpc) is 3.02. The second kappa shape index (κ2) is 7.13. The van der Waals surface area contributed by atoms with Crippen LogP contribution in [0.1, 0.15) is 48.4 Å². The molecule has 0 saturated carbocycles. The fourth-order valence-corrected chi connectivity index (χ4v) is 4.46. The standard InChI is InChI=1S/C22H26N4S/c1-15-19(27-20(24-15)16-8-6-5-7-9-16)14-26-11-10-18-17(13-26)12-23-21(25-18)22(2,3)4/h5-9,12H,10-11,13-14H2,1-4H3. The molecule has 0 radical (unpaired) electrons. The molecule has 0 unspecified atom stereocenters. The van der Waals surface area contributed by atoms with Crippen LogP contribution in [0, 0.1) is 6.92 Å². The minimum atomic E-state index is -0.000245. The smallest absolute Gasteiger partial charge is 0.133 e. The molecule has 3 aromatic rings. The minimum Gasteiger partial charge on any atom is -0.293 e. The van der Waals surface area contributed by atoms with E-state index in [-0.39, 0.29) is 5.41 Å². The van der Waals surface area contributed by atoms with Gasteiger partial charge < -0.3 is 0 Å². The van der Waals surface area contributed by atoms with Gasteiger partial charge >= 0.3 is 0 Å². The lowest BCUT2D eigenvalue weighted by Crippen LogP contribution is -2.31. The van der Waals surface area contributed by atoms with Gasteiger partial charge in [0, 0.05) is 59.4 Å².